The summed E-state index contributed by atoms with van der Waals surface area (Å²) in [4.78, 5) is 4.89. The second kappa shape index (κ2) is 8.90. The largest absolute Gasteiger partial charge is 0.303 e. The Morgan fingerprint density at radius 2 is 2.00 bits per heavy atom. The highest BCUT2D eigenvalue weighted by molar-refractivity contribution is 4.89. The van der Waals surface area contributed by atoms with Crippen molar-refractivity contribution in [3.05, 3.63) is 0 Å². The molecule has 1 aliphatic rings. The maximum atomic E-state index is 5.85. The Morgan fingerprint density at radius 3 is 2.58 bits per heavy atom. The van der Waals surface area contributed by atoms with E-state index in [0.29, 0.717) is 12.1 Å². The molecular formula is C15H34N4. The highest BCUT2D eigenvalue weighted by atomic mass is 15.3. The lowest BCUT2D eigenvalue weighted by molar-refractivity contribution is 0.0792. The molecule has 0 aromatic heterocycles. The van der Waals surface area contributed by atoms with Crippen molar-refractivity contribution in [1.82, 2.24) is 15.2 Å². The van der Waals surface area contributed by atoms with E-state index in [1.54, 1.807) is 0 Å². The molecule has 3 N–H and O–H groups in total. The summed E-state index contributed by atoms with van der Waals surface area (Å²) in [6.45, 7) is 8.01. The van der Waals surface area contributed by atoms with Crippen LogP contribution >= 0.6 is 0 Å². The summed E-state index contributed by atoms with van der Waals surface area (Å²) in [6.07, 6.45) is 6.46. The number of nitrogens with zero attached hydrogens (tertiary/aromatic N) is 2. The molecule has 114 valence electrons. The number of piperazine rings is 1. The van der Waals surface area contributed by atoms with E-state index < -0.39 is 0 Å². The first-order valence-corrected chi connectivity index (χ1v) is 7.97. The fourth-order valence-corrected chi connectivity index (χ4v) is 3.16. The lowest BCUT2D eigenvalue weighted by Crippen LogP contribution is -2.60. The van der Waals surface area contributed by atoms with Gasteiger partial charge in [-0.3, -0.25) is 16.2 Å². The third kappa shape index (κ3) is 5.38. The van der Waals surface area contributed by atoms with Crippen molar-refractivity contribution < 1.29 is 0 Å². The molecule has 0 aromatic carbocycles. The Bertz CT molecular complexity index is 234. The molecule has 3 unspecified atom stereocenters. The van der Waals surface area contributed by atoms with Crippen LogP contribution in [0.2, 0.25) is 0 Å². The van der Waals surface area contributed by atoms with Crippen LogP contribution in [0.15, 0.2) is 0 Å². The van der Waals surface area contributed by atoms with Crippen LogP contribution in [0, 0.1) is 5.92 Å². The van der Waals surface area contributed by atoms with Gasteiger partial charge in [-0.05, 0) is 26.4 Å². The first-order valence-electron chi connectivity index (χ1n) is 7.97. The fourth-order valence-electron chi connectivity index (χ4n) is 3.16. The zero-order chi connectivity index (χ0) is 14.3. The quantitative estimate of drug-likeness (QED) is 0.520. The molecule has 1 fully saturated rings. The Labute approximate surface area is 119 Å². The maximum absolute atomic E-state index is 5.85. The van der Waals surface area contributed by atoms with Gasteiger partial charge < -0.3 is 4.90 Å². The standard InChI is InChI=1S/C15H34N4/c1-5-7-8-13(6-2)11-14(17-16)15-12-18(3)9-10-19(15)4/h13-15,17H,5-12,16H2,1-4H3. The predicted molar refractivity (Wildman–Crippen MR) is 82.9 cm³/mol. The van der Waals surface area contributed by atoms with Crippen LogP contribution in [-0.2, 0) is 0 Å². The summed E-state index contributed by atoms with van der Waals surface area (Å²) in [6, 6.07) is 0.953. The van der Waals surface area contributed by atoms with Crippen molar-refractivity contribution in [3.63, 3.8) is 0 Å². The van der Waals surface area contributed by atoms with E-state index in [4.69, 9.17) is 5.84 Å². The zero-order valence-electron chi connectivity index (χ0n) is 13.4. The molecule has 3 atom stereocenters. The van der Waals surface area contributed by atoms with Gasteiger partial charge in [-0.1, -0.05) is 39.5 Å². The number of unbranched alkanes of at least 4 members (excludes halogenated alkanes) is 1. The van der Waals surface area contributed by atoms with Crippen LogP contribution in [0.3, 0.4) is 0 Å². The van der Waals surface area contributed by atoms with Crippen molar-refractivity contribution in [2.75, 3.05) is 33.7 Å². The summed E-state index contributed by atoms with van der Waals surface area (Å²) >= 11 is 0. The van der Waals surface area contributed by atoms with Crippen molar-refractivity contribution in [2.24, 2.45) is 11.8 Å². The molecule has 4 heteroatoms. The van der Waals surface area contributed by atoms with Gasteiger partial charge in [0.2, 0.25) is 0 Å². The molecule has 1 aliphatic heterocycles. The average Bonchev–Trinajstić information content (AvgIpc) is 2.42. The highest BCUT2D eigenvalue weighted by Crippen LogP contribution is 2.22. The van der Waals surface area contributed by atoms with Gasteiger partial charge in [0.1, 0.15) is 0 Å². The molecule has 0 spiro atoms. The van der Waals surface area contributed by atoms with Crippen molar-refractivity contribution in [1.29, 1.82) is 0 Å². The molecule has 1 rings (SSSR count). The third-order valence-electron chi connectivity index (χ3n) is 4.71. The Kier molecular flexibility index (Phi) is 7.91. The Morgan fingerprint density at radius 1 is 1.26 bits per heavy atom. The summed E-state index contributed by atoms with van der Waals surface area (Å²) in [5.74, 6) is 6.65. The van der Waals surface area contributed by atoms with Crippen LogP contribution < -0.4 is 11.3 Å². The number of nitrogens with one attached hydrogen (secondary N) is 1. The topological polar surface area (TPSA) is 44.5 Å². The van der Waals surface area contributed by atoms with E-state index in [2.05, 4.69) is 43.2 Å². The van der Waals surface area contributed by atoms with Crippen LogP contribution in [0.5, 0.6) is 0 Å². The summed E-state index contributed by atoms with van der Waals surface area (Å²) < 4.78 is 0. The number of hydrogen-bond donors (Lipinski definition) is 2. The molecule has 0 aromatic rings. The maximum Gasteiger partial charge on any atom is 0.0387 e. The summed E-state index contributed by atoms with van der Waals surface area (Å²) in [5.41, 5.74) is 3.10. The van der Waals surface area contributed by atoms with Gasteiger partial charge in [-0.25, -0.2) is 0 Å². The second-order valence-electron chi connectivity index (χ2n) is 6.24. The Hall–Kier alpha value is -0.160. The third-order valence-corrected chi connectivity index (χ3v) is 4.71. The molecular weight excluding hydrogens is 236 g/mol. The number of nitrogens with two attached hydrogens (primary N) is 1. The van der Waals surface area contributed by atoms with Crippen molar-refractivity contribution in [2.45, 2.75) is 58.0 Å². The smallest absolute Gasteiger partial charge is 0.0387 e. The monoisotopic (exact) mass is 270 g/mol. The van der Waals surface area contributed by atoms with Crippen LogP contribution in [0.25, 0.3) is 0 Å². The van der Waals surface area contributed by atoms with Crippen LogP contribution in [0.1, 0.15) is 46.0 Å². The molecule has 0 bridgehead atoms. The molecule has 0 saturated carbocycles. The number of likely N-dealkylation sites (N-methyl/N-ethyl adjacent to an activating group) is 2. The highest BCUT2D eigenvalue weighted by Gasteiger charge is 2.30. The molecule has 4 nitrogen and oxygen atoms in total. The minimum absolute atomic E-state index is 0.412. The van der Waals surface area contributed by atoms with Gasteiger partial charge in [-0.15, -0.1) is 0 Å². The van der Waals surface area contributed by atoms with Gasteiger partial charge >= 0.3 is 0 Å². The molecule has 1 heterocycles. The molecule has 0 aliphatic carbocycles. The number of rotatable bonds is 8. The van der Waals surface area contributed by atoms with Crippen molar-refractivity contribution in [3.8, 4) is 0 Å². The number of hydrazine groups is 1. The van der Waals surface area contributed by atoms with Crippen molar-refractivity contribution >= 4 is 0 Å². The molecule has 0 amide bonds. The minimum atomic E-state index is 0.412. The van der Waals surface area contributed by atoms with Gasteiger partial charge in [0.25, 0.3) is 0 Å². The van der Waals surface area contributed by atoms with E-state index in [1.165, 1.54) is 32.1 Å². The van der Waals surface area contributed by atoms with E-state index in [1.807, 2.05) is 0 Å². The molecule has 1 saturated heterocycles. The van der Waals surface area contributed by atoms with Crippen LogP contribution in [-0.4, -0.2) is 55.6 Å². The van der Waals surface area contributed by atoms with E-state index in [9.17, 15) is 0 Å². The zero-order valence-corrected chi connectivity index (χ0v) is 13.4. The molecule has 19 heavy (non-hydrogen) atoms. The molecule has 0 radical (unpaired) electrons. The van der Waals surface area contributed by atoms with Gasteiger partial charge in [0, 0.05) is 31.7 Å². The summed E-state index contributed by atoms with van der Waals surface area (Å²) in [7, 11) is 4.44. The normalized spacial score (nSPS) is 25.4. The second-order valence-corrected chi connectivity index (χ2v) is 6.24. The van der Waals surface area contributed by atoms with Gasteiger partial charge in [0.05, 0.1) is 0 Å². The van der Waals surface area contributed by atoms with Gasteiger partial charge in [0.15, 0.2) is 0 Å². The predicted octanol–water partition coefficient (Wildman–Crippen LogP) is 1.67. The Balaban J connectivity index is 2.54. The fraction of sp³-hybridized carbons (Fsp3) is 1.00. The van der Waals surface area contributed by atoms with E-state index in [0.717, 1.165) is 25.6 Å². The van der Waals surface area contributed by atoms with E-state index >= 15 is 0 Å². The first-order chi connectivity index (χ1) is 9.12. The lowest BCUT2D eigenvalue weighted by atomic mass is 9.88. The average molecular weight is 270 g/mol. The van der Waals surface area contributed by atoms with E-state index in [-0.39, 0.29) is 0 Å². The minimum Gasteiger partial charge on any atom is -0.303 e. The lowest BCUT2D eigenvalue weighted by Gasteiger charge is -2.42. The van der Waals surface area contributed by atoms with Crippen LogP contribution in [0.4, 0.5) is 0 Å². The van der Waals surface area contributed by atoms with Gasteiger partial charge in [-0.2, -0.15) is 0 Å². The number of hydrogen-bond acceptors (Lipinski definition) is 4. The first kappa shape index (κ1) is 16.9. The summed E-state index contributed by atoms with van der Waals surface area (Å²) in [5, 5.41) is 0. The SMILES string of the molecule is CCCCC(CC)CC(NN)C1CN(C)CCN1C.